The van der Waals surface area contributed by atoms with Crippen LogP contribution in [0.25, 0.3) is 0 Å². The van der Waals surface area contributed by atoms with Gasteiger partial charge in [0.25, 0.3) is 0 Å². The fourth-order valence-corrected chi connectivity index (χ4v) is 2.36. The van der Waals surface area contributed by atoms with Crippen LogP contribution in [0.3, 0.4) is 0 Å². The Balaban J connectivity index is 1.77. The van der Waals surface area contributed by atoms with Crippen molar-refractivity contribution in [3.05, 3.63) is 47.5 Å². The fourth-order valence-electron chi connectivity index (χ4n) is 2.36. The van der Waals surface area contributed by atoms with E-state index in [0.717, 1.165) is 34.7 Å². The van der Waals surface area contributed by atoms with Gasteiger partial charge in [0.15, 0.2) is 11.5 Å². The average Bonchev–Trinajstić information content (AvgIpc) is 2.74. The zero-order chi connectivity index (χ0) is 14.7. The highest BCUT2D eigenvalue weighted by molar-refractivity contribution is 5.53. The summed E-state index contributed by atoms with van der Waals surface area (Å²) in [6, 6.07) is 11.4. The van der Waals surface area contributed by atoms with E-state index in [1.165, 1.54) is 0 Å². The molecule has 110 valence electrons. The molecule has 1 aliphatic rings. The van der Waals surface area contributed by atoms with Crippen molar-refractivity contribution in [3.8, 4) is 17.2 Å². The molecular weight excluding hydrogens is 266 g/mol. The van der Waals surface area contributed by atoms with Crippen molar-refractivity contribution >= 4 is 5.69 Å². The molecule has 0 aliphatic carbocycles. The van der Waals surface area contributed by atoms with Crippen LogP contribution in [0.15, 0.2) is 36.4 Å². The Morgan fingerprint density at radius 1 is 1.14 bits per heavy atom. The molecule has 2 aromatic rings. The van der Waals surface area contributed by atoms with Crippen molar-refractivity contribution in [2.45, 2.75) is 19.9 Å². The van der Waals surface area contributed by atoms with Gasteiger partial charge in [-0.2, -0.15) is 0 Å². The summed E-state index contributed by atoms with van der Waals surface area (Å²) in [6.45, 7) is 3.91. The van der Waals surface area contributed by atoms with Crippen LogP contribution in [-0.4, -0.2) is 18.3 Å². The fraction of sp³-hybridized carbons (Fsp3) is 0.294. The normalized spacial score (nSPS) is 13.6. The van der Waals surface area contributed by atoms with E-state index in [1.807, 2.05) is 37.3 Å². The second-order valence-electron chi connectivity index (χ2n) is 5.15. The number of para-hydroxylation sites is 1. The molecule has 0 radical (unpaired) electrons. The van der Waals surface area contributed by atoms with Crippen molar-refractivity contribution in [2.75, 3.05) is 18.5 Å². The number of hydrogen-bond donors (Lipinski definition) is 2. The number of phenols is 1. The summed E-state index contributed by atoms with van der Waals surface area (Å²) in [7, 11) is 0. The van der Waals surface area contributed by atoms with E-state index in [9.17, 15) is 5.11 Å². The first-order chi connectivity index (χ1) is 10.2. The number of rotatable bonds is 3. The molecule has 2 aromatic carbocycles. The summed E-state index contributed by atoms with van der Waals surface area (Å²) >= 11 is 0. The first kappa shape index (κ1) is 13.6. The van der Waals surface area contributed by atoms with Crippen LogP contribution in [0.5, 0.6) is 17.2 Å². The number of benzene rings is 2. The van der Waals surface area contributed by atoms with Gasteiger partial charge < -0.3 is 19.9 Å². The smallest absolute Gasteiger partial charge is 0.166 e. The van der Waals surface area contributed by atoms with Gasteiger partial charge in [0, 0.05) is 24.2 Å². The third-order valence-corrected chi connectivity index (χ3v) is 3.53. The van der Waals surface area contributed by atoms with Crippen LogP contribution in [0.4, 0.5) is 5.69 Å². The number of hydrogen-bond acceptors (Lipinski definition) is 4. The zero-order valence-electron chi connectivity index (χ0n) is 12.1. The SMILES string of the molecule is Cc1cc(NCc2cccc3c2OCCCO3)ccc1O. The van der Waals surface area contributed by atoms with Gasteiger partial charge in [0.1, 0.15) is 5.75 Å². The van der Waals surface area contributed by atoms with E-state index in [-0.39, 0.29) is 0 Å². The molecule has 0 saturated carbocycles. The molecule has 3 rings (SSSR count). The lowest BCUT2D eigenvalue weighted by Crippen LogP contribution is -2.03. The Bertz CT molecular complexity index is 640. The third kappa shape index (κ3) is 3.05. The first-order valence-corrected chi connectivity index (χ1v) is 7.15. The summed E-state index contributed by atoms with van der Waals surface area (Å²) < 4.78 is 11.5. The Labute approximate surface area is 124 Å². The molecule has 1 aliphatic heterocycles. The minimum Gasteiger partial charge on any atom is -0.508 e. The quantitative estimate of drug-likeness (QED) is 0.848. The van der Waals surface area contributed by atoms with Crippen molar-refractivity contribution in [2.24, 2.45) is 0 Å². The van der Waals surface area contributed by atoms with Gasteiger partial charge in [-0.25, -0.2) is 0 Å². The first-order valence-electron chi connectivity index (χ1n) is 7.15. The van der Waals surface area contributed by atoms with Gasteiger partial charge in [-0.3, -0.25) is 0 Å². The molecule has 0 unspecified atom stereocenters. The maximum Gasteiger partial charge on any atom is 0.166 e. The molecule has 0 aromatic heterocycles. The second kappa shape index (κ2) is 5.95. The van der Waals surface area contributed by atoms with Gasteiger partial charge in [-0.1, -0.05) is 12.1 Å². The lowest BCUT2D eigenvalue weighted by Gasteiger charge is -2.14. The Morgan fingerprint density at radius 3 is 2.86 bits per heavy atom. The summed E-state index contributed by atoms with van der Waals surface area (Å²) in [5.41, 5.74) is 2.89. The van der Waals surface area contributed by atoms with E-state index >= 15 is 0 Å². The maximum absolute atomic E-state index is 9.55. The lowest BCUT2D eigenvalue weighted by molar-refractivity contribution is 0.296. The Morgan fingerprint density at radius 2 is 2.00 bits per heavy atom. The van der Waals surface area contributed by atoms with E-state index < -0.39 is 0 Å². The number of phenolic OH excluding ortho intramolecular Hbond substituents is 1. The summed E-state index contributed by atoms with van der Waals surface area (Å²) in [5.74, 6) is 1.96. The highest BCUT2D eigenvalue weighted by Gasteiger charge is 2.14. The van der Waals surface area contributed by atoms with E-state index in [0.29, 0.717) is 25.5 Å². The zero-order valence-corrected chi connectivity index (χ0v) is 12.1. The molecule has 1 heterocycles. The number of aryl methyl sites for hydroxylation is 1. The van der Waals surface area contributed by atoms with Gasteiger partial charge in [-0.15, -0.1) is 0 Å². The molecule has 4 heteroatoms. The number of fused-ring (bicyclic) bond motifs is 1. The molecule has 0 amide bonds. The monoisotopic (exact) mass is 285 g/mol. The van der Waals surface area contributed by atoms with E-state index in [4.69, 9.17) is 9.47 Å². The number of nitrogens with one attached hydrogen (secondary N) is 1. The van der Waals surface area contributed by atoms with Gasteiger partial charge in [0.05, 0.1) is 13.2 Å². The van der Waals surface area contributed by atoms with Crippen LogP contribution in [0.2, 0.25) is 0 Å². The molecular formula is C17H19NO3. The van der Waals surface area contributed by atoms with Crippen molar-refractivity contribution in [1.29, 1.82) is 0 Å². The van der Waals surface area contributed by atoms with Crippen LogP contribution >= 0.6 is 0 Å². The predicted molar refractivity (Wildman–Crippen MR) is 82.2 cm³/mol. The predicted octanol–water partition coefficient (Wildman–Crippen LogP) is 3.47. The molecule has 4 nitrogen and oxygen atoms in total. The summed E-state index contributed by atoms with van der Waals surface area (Å²) in [5, 5.41) is 12.9. The van der Waals surface area contributed by atoms with Gasteiger partial charge in [-0.05, 0) is 36.8 Å². The van der Waals surface area contributed by atoms with Gasteiger partial charge >= 0.3 is 0 Å². The van der Waals surface area contributed by atoms with Crippen molar-refractivity contribution in [3.63, 3.8) is 0 Å². The molecule has 0 atom stereocenters. The van der Waals surface area contributed by atoms with E-state index in [1.54, 1.807) is 6.07 Å². The van der Waals surface area contributed by atoms with Crippen LogP contribution in [0, 0.1) is 6.92 Å². The van der Waals surface area contributed by atoms with Crippen LogP contribution < -0.4 is 14.8 Å². The Kier molecular flexibility index (Phi) is 3.86. The minimum absolute atomic E-state index is 0.311. The number of ether oxygens (including phenoxy) is 2. The molecule has 2 N–H and O–H groups in total. The minimum atomic E-state index is 0.311. The highest BCUT2D eigenvalue weighted by atomic mass is 16.5. The Hall–Kier alpha value is -2.36. The molecule has 0 spiro atoms. The summed E-state index contributed by atoms with van der Waals surface area (Å²) in [6.07, 6.45) is 0.901. The second-order valence-corrected chi connectivity index (χ2v) is 5.15. The van der Waals surface area contributed by atoms with Crippen molar-refractivity contribution < 1.29 is 14.6 Å². The molecule has 0 saturated heterocycles. The number of aromatic hydroxyl groups is 1. The van der Waals surface area contributed by atoms with Crippen LogP contribution in [0.1, 0.15) is 17.5 Å². The third-order valence-electron chi connectivity index (χ3n) is 3.53. The standard InChI is InChI=1S/C17H19NO3/c1-12-10-14(6-7-15(12)19)18-11-13-4-2-5-16-17(13)21-9-3-8-20-16/h2,4-7,10,18-19H,3,8-9,11H2,1H3. The number of anilines is 1. The lowest BCUT2D eigenvalue weighted by atomic mass is 10.1. The molecule has 0 fully saturated rings. The summed E-state index contributed by atoms with van der Waals surface area (Å²) in [4.78, 5) is 0. The topological polar surface area (TPSA) is 50.7 Å². The largest absolute Gasteiger partial charge is 0.508 e. The van der Waals surface area contributed by atoms with Gasteiger partial charge in [0.2, 0.25) is 0 Å². The molecule has 0 bridgehead atoms. The maximum atomic E-state index is 9.55. The molecule has 21 heavy (non-hydrogen) atoms. The van der Waals surface area contributed by atoms with Crippen molar-refractivity contribution in [1.82, 2.24) is 0 Å². The average molecular weight is 285 g/mol. The van der Waals surface area contributed by atoms with Crippen LogP contribution in [-0.2, 0) is 6.54 Å². The van der Waals surface area contributed by atoms with E-state index in [2.05, 4.69) is 5.32 Å². The highest BCUT2D eigenvalue weighted by Crippen LogP contribution is 2.33.